The Kier molecular flexibility index (Phi) is 5.89. The zero-order valence-electron chi connectivity index (χ0n) is 18.3. The fourth-order valence-corrected chi connectivity index (χ4v) is 4.89. The van der Waals surface area contributed by atoms with Gasteiger partial charge in [0.15, 0.2) is 0 Å². The summed E-state index contributed by atoms with van der Waals surface area (Å²) in [6.07, 6.45) is 8.85. The number of aryl methyl sites for hydroxylation is 1. The molecule has 168 valence electrons. The molecule has 1 aromatic carbocycles. The SMILES string of the molecule is Cn1cc(-c2cc(F)c3cnc(NC(=O)C4CCC(N5CCOCC5)CC4)cc3c2)cn1. The minimum atomic E-state index is -0.340. The molecular formula is C24H28FN5O2. The predicted molar refractivity (Wildman–Crippen MR) is 121 cm³/mol. The van der Waals surface area contributed by atoms with Gasteiger partial charge in [0.1, 0.15) is 11.6 Å². The van der Waals surface area contributed by atoms with E-state index in [9.17, 15) is 9.18 Å². The zero-order valence-corrected chi connectivity index (χ0v) is 18.3. The third kappa shape index (κ3) is 4.38. The average Bonchev–Trinajstić information content (AvgIpc) is 3.26. The van der Waals surface area contributed by atoms with Crippen molar-refractivity contribution in [2.24, 2.45) is 13.0 Å². The first-order valence-corrected chi connectivity index (χ1v) is 11.3. The summed E-state index contributed by atoms with van der Waals surface area (Å²) in [5, 5.41) is 8.25. The number of carbonyl (C=O) groups excluding carboxylic acids is 1. The molecule has 1 aliphatic carbocycles. The second kappa shape index (κ2) is 8.96. The van der Waals surface area contributed by atoms with Crippen LogP contribution in [0.4, 0.5) is 10.2 Å². The van der Waals surface area contributed by atoms with E-state index >= 15 is 0 Å². The quantitative estimate of drug-likeness (QED) is 0.675. The van der Waals surface area contributed by atoms with Crippen LogP contribution >= 0.6 is 0 Å². The Morgan fingerprint density at radius 1 is 1.09 bits per heavy atom. The second-order valence-corrected chi connectivity index (χ2v) is 8.79. The highest BCUT2D eigenvalue weighted by molar-refractivity contribution is 5.95. The summed E-state index contributed by atoms with van der Waals surface area (Å²) in [5.41, 5.74) is 1.58. The molecule has 8 heteroatoms. The topological polar surface area (TPSA) is 72.3 Å². The van der Waals surface area contributed by atoms with Gasteiger partial charge in [-0.3, -0.25) is 14.4 Å². The summed E-state index contributed by atoms with van der Waals surface area (Å²) < 4.78 is 21.8. The van der Waals surface area contributed by atoms with Crippen LogP contribution in [0, 0.1) is 11.7 Å². The fourth-order valence-electron chi connectivity index (χ4n) is 4.89. The lowest BCUT2D eigenvalue weighted by Crippen LogP contribution is -2.45. The van der Waals surface area contributed by atoms with Crippen molar-refractivity contribution in [3.05, 3.63) is 42.6 Å². The molecule has 2 aliphatic rings. The number of nitrogens with zero attached hydrogens (tertiary/aromatic N) is 4. The maximum absolute atomic E-state index is 14.6. The molecule has 2 aromatic heterocycles. The Bertz CT molecular complexity index is 1120. The first-order valence-electron chi connectivity index (χ1n) is 11.3. The number of rotatable bonds is 4. The van der Waals surface area contributed by atoms with E-state index in [1.165, 1.54) is 12.3 Å². The summed E-state index contributed by atoms with van der Waals surface area (Å²) in [6, 6.07) is 5.69. The van der Waals surface area contributed by atoms with Crippen LogP contribution in [0.1, 0.15) is 25.7 Å². The first-order chi connectivity index (χ1) is 15.6. The van der Waals surface area contributed by atoms with E-state index in [1.807, 2.05) is 19.3 Å². The van der Waals surface area contributed by atoms with Crippen LogP contribution in [0.2, 0.25) is 0 Å². The second-order valence-electron chi connectivity index (χ2n) is 8.79. The van der Waals surface area contributed by atoms with Crippen molar-refractivity contribution < 1.29 is 13.9 Å². The van der Waals surface area contributed by atoms with Crippen molar-refractivity contribution >= 4 is 22.5 Å². The Morgan fingerprint density at radius 3 is 2.59 bits per heavy atom. The van der Waals surface area contributed by atoms with E-state index in [0.29, 0.717) is 22.6 Å². The van der Waals surface area contributed by atoms with Crippen molar-refractivity contribution in [3.63, 3.8) is 0 Å². The molecule has 3 aromatic rings. The Morgan fingerprint density at radius 2 is 1.88 bits per heavy atom. The fraction of sp³-hybridized carbons (Fsp3) is 0.458. The van der Waals surface area contributed by atoms with Crippen molar-refractivity contribution in [2.75, 3.05) is 31.6 Å². The smallest absolute Gasteiger partial charge is 0.228 e. The van der Waals surface area contributed by atoms with E-state index in [2.05, 4.69) is 20.3 Å². The molecule has 1 saturated heterocycles. The van der Waals surface area contributed by atoms with Crippen LogP contribution < -0.4 is 5.32 Å². The lowest BCUT2D eigenvalue weighted by molar-refractivity contribution is -0.121. The van der Waals surface area contributed by atoms with Crippen LogP contribution in [-0.4, -0.2) is 57.9 Å². The number of anilines is 1. The minimum Gasteiger partial charge on any atom is -0.379 e. The van der Waals surface area contributed by atoms with Crippen molar-refractivity contribution in [1.29, 1.82) is 0 Å². The van der Waals surface area contributed by atoms with Gasteiger partial charge in [-0.15, -0.1) is 0 Å². The molecular weight excluding hydrogens is 409 g/mol. The molecule has 32 heavy (non-hydrogen) atoms. The van der Waals surface area contributed by atoms with Crippen LogP contribution in [0.3, 0.4) is 0 Å². The van der Waals surface area contributed by atoms with E-state index in [1.54, 1.807) is 16.9 Å². The van der Waals surface area contributed by atoms with Crippen molar-refractivity contribution in [1.82, 2.24) is 19.7 Å². The first kappa shape index (κ1) is 21.0. The van der Waals surface area contributed by atoms with E-state index in [-0.39, 0.29) is 17.6 Å². The van der Waals surface area contributed by atoms with E-state index in [4.69, 9.17) is 4.74 Å². The predicted octanol–water partition coefficient (Wildman–Crippen LogP) is 3.60. The summed E-state index contributed by atoms with van der Waals surface area (Å²) >= 11 is 0. The number of hydrogen-bond donors (Lipinski definition) is 1. The molecule has 3 heterocycles. The monoisotopic (exact) mass is 437 g/mol. The highest BCUT2D eigenvalue weighted by Crippen LogP contribution is 2.30. The van der Waals surface area contributed by atoms with Gasteiger partial charge in [0.2, 0.25) is 5.91 Å². The van der Waals surface area contributed by atoms with Crippen molar-refractivity contribution in [3.8, 4) is 11.1 Å². The highest BCUT2D eigenvalue weighted by Gasteiger charge is 2.30. The number of ether oxygens (including phenoxy) is 1. The van der Waals surface area contributed by atoms with Gasteiger partial charge < -0.3 is 10.1 Å². The Labute approximate surface area is 186 Å². The van der Waals surface area contributed by atoms with E-state index < -0.39 is 0 Å². The molecule has 0 bridgehead atoms. The highest BCUT2D eigenvalue weighted by atomic mass is 19.1. The maximum Gasteiger partial charge on any atom is 0.228 e. The number of halogens is 1. The normalized spacial score (nSPS) is 22.2. The summed E-state index contributed by atoms with van der Waals surface area (Å²) in [7, 11) is 1.83. The lowest BCUT2D eigenvalue weighted by atomic mass is 9.84. The number of morpholine rings is 1. The van der Waals surface area contributed by atoms with Crippen molar-refractivity contribution in [2.45, 2.75) is 31.7 Å². The Hall–Kier alpha value is -2.84. The molecule has 0 atom stereocenters. The minimum absolute atomic E-state index is 0.00108. The molecule has 1 saturated carbocycles. The standard InChI is InChI=1S/C24H28FN5O2/c1-29-15-19(13-27-29)17-10-18-12-23(26-14-21(18)22(25)11-17)28-24(31)16-2-4-20(5-3-16)30-6-8-32-9-7-30/h10-16,20H,2-9H2,1H3,(H,26,28,31). The molecule has 2 fully saturated rings. The van der Waals surface area contributed by atoms with Crippen LogP contribution in [0.15, 0.2) is 36.8 Å². The number of carbonyl (C=O) groups is 1. The van der Waals surface area contributed by atoms with Gasteiger partial charge in [0.25, 0.3) is 0 Å². The van der Waals surface area contributed by atoms with Gasteiger partial charge >= 0.3 is 0 Å². The van der Waals surface area contributed by atoms with Crippen LogP contribution in [0.5, 0.6) is 0 Å². The average molecular weight is 438 g/mol. The number of nitrogens with one attached hydrogen (secondary N) is 1. The largest absolute Gasteiger partial charge is 0.379 e. The molecule has 0 spiro atoms. The molecule has 1 aliphatic heterocycles. The maximum atomic E-state index is 14.6. The molecule has 1 amide bonds. The zero-order chi connectivity index (χ0) is 22.1. The van der Waals surface area contributed by atoms with Gasteiger partial charge in [-0.05, 0) is 54.8 Å². The van der Waals surface area contributed by atoms with Crippen LogP contribution in [-0.2, 0) is 16.6 Å². The lowest BCUT2D eigenvalue weighted by Gasteiger charge is -2.38. The molecule has 1 N–H and O–H groups in total. The molecule has 0 unspecified atom stereocenters. The number of benzene rings is 1. The Balaban J connectivity index is 1.27. The number of aromatic nitrogens is 3. The number of hydrogen-bond acceptors (Lipinski definition) is 5. The number of fused-ring (bicyclic) bond motifs is 1. The van der Waals surface area contributed by atoms with Gasteiger partial charge in [-0.25, -0.2) is 9.37 Å². The molecule has 0 radical (unpaired) electrons. The van der Waals surface area contributed by atoms with Gasteiger partial charge in [0, 0.05) is 55.4 Å². The van der Waals surface area contributed by atoms with Gasteiger partial charge in [0.05, 0.1) is 19.4 Å². The van der Waals surface area contributed by atoms with E-state index in [0.717, 1.165) is 63.1 Å². The summed E-state index contributed by atoms with van der Waals surface area (Å²) in [5.74, 6) is 0.109. The molecule has 7 nitrogen and oxygen atoms in total. The van der Waals surface area contributed by atoms with Crippen LogP contribution in [0.25, 0.3) is 21.9 Å². The third-order valence-electron chi connectivity index (χ3n) is 6.71. The number of pyridine rings is 1. The van der Waals surface area contributed by atoms with Gasteiger partial charge in [-0.2, -0.15) is 5.10 Å². The summed E-state index contributed by atoms with van der Waals surface area (Å²) in [4.78, 5) is 19.7. The third-order valence-corrected chi connectivity index (χ3v) is 6.71. The summed E-state index contributed by atoms with van der Waals surface area (Å²) in [6.45, 7) is 3.58. The number of amides is 1. The molecule has 5 rings (SSSR count). The van der Waals surface area contributed by atoms with Gasteiger partial charge in [-0.1, -0.05) is 0 Å².